The molecule has 192 valence electrons. The zero-order chi connectivity index (χ0) is 26.3. The number of benzene rings is 1. The van der Waals surface area contributed by atoms with Crippen LogP contribution >= 0.6 is 0 Å². The number of anilines is 1. The van der Waals surface area contributed by atoms with E-state index in [2.05, 4.69) is 25.4 Å². The standard InChI is InChI=1S/C22H22F6N8/c1-4-18-30-17-8-14(10-29-19(17)36(18)5-2)12-35(20-31-33-34(3)32-20)11-13-6-15(21(23,24)25)9-16(7-13)22(26,27)28/h6-10H,4-5,11-12H2,1-3H3. The van der Waals surface area contributed by atoms with Crippen LogP contribution in [0.5, 0.6) is 0 Å². The summed E-state index contributed by atoms with van der Waals surface area (Å²) in [5.41, 5.74) is -1.03. The lowest BCUT2D eigenvalue weighted by Crippen LogP contribution is -2.24. The summed E-state index contributed by atoms with van der Waals surface area (Å²) >= 11 is 0. The van der Waals surface area contributed by atoms with Gasteiger partial charge in [-0.05, 0) is 47.5 Å². The highest BCUT2D eigenvalue weighted by molar-refractivity contribution is 5.72. The molecule has 0 aliphatic carbocycles. The third kappa shape index (κ3) is 5.26. The minimum absolute atomic E-state index is 0.0388. The lowest BCUT2D eigenvalue weighted by molar-refractivity contribution is -0.143. The highest BCUT2D eigenvalue weighted by atomic mass is 19.4. The fourth-order valence-electron chi connectivity index (χ4n) is 3.94. The van der Waals surface area contributed by atoms with Gasteiger partial charge in [-0.15, -0.1) is 5.10 Å². The zero-order valence-corrected chi connectivity index (χ0v) is 19.6. The maximum absolute atomic E-state index is 13.4. The van der Waals surface area contributed by atoms with Gasteiger partial charge in [0.05, 0.1) is 18.2 Å². The van der Waals surface area contributed by atoms with Crippen molar-refractivity contribution in [2.45, 2.75) is 52.3 Å². The molecular formula is C22H22F6N8. The Morgan fingerprint density at radius 1 is 0.889 bits per heavy atom. The molecule has 4 rings (SSSR count). The van der Waals surface area contributed by atoms with E-state index in [1.165, 1.54) is 11.9 Å². The lowest BCUT2D eigenvalue weighted by atomic mass is 10.0. The van der Waals surface area contributed by atoms with Crippen LogP contribution in [0.25, 0.3) is 11.2 Å². The van der Waals surface area contributed by atoms with Gasteiger partial charge in [-0.25, -0.2) is 9.97 Å². The lowest BCUT2D eigenvalue weighted by Gasteiger charge is -2.22. The third-order valence-electron chi connectivity index (χ3n) is 5.53. The van der Waals surface area contributed by atoms with E-state index >= 15 is 0 Å². The molecule has 0 N–H and O–H groups in total. The first-order valence-electron chi connectivity index (χ1n) is 11.0. The predicted molar refractivity (Wildman–Crippen MR) is 118 cm³/mol. The Morgan fingerprint density at radius 2 is 1.53 bits per heavy atom. The molecule has 0 bridgehead atoms. The summed E-state index contributed by atoms with van der Waals surface area (Å²) in [6.07, 6.45) is -7.61. The molecule has 0 saturated carbocycles. The molecule has 14 heteroatoms. The highest BCUT2D eigenvalue weighted by Crippen LogP contribution is 2.36. The highest BCUT2D eigenvalue weighted by Gasteiger charge is 2.37. The second-order valence-electron chi connectivity index (χ2n) is 8.16. The Labute approximate surface area is 201 Å². The molecule has 0 fully saturated rings. The van der Waals surface area contributed by atoms with Crippen LogP contribution in [0, 0.1) is 0 Å². The number of halogens is 6. The van der Waals surface area contributed by atoms with E-state index in [-0.39, 0.29) is 30.7 Å². The number of hydrogen-bond acceptors (Lipinski definition) is 6. The molecule has 0 aliphatic heterocycles. The monoisotopic (exact) mass is 512 g/mol. The number of imidazole rings is 1. The number of aromatic nitrogens is 7. The average molecular weight is 512 g/mol. The minimum Gasteiger partial charge on any atom is -0.329 e. The second-order valence-corrected chi connectivity index (χ2v) is 8.16. The number of fused-ring (bicyclic) bond motifs is 1. The number of alkyl halides is 6. The van der Waals surface area contributed by atoms with Crippen molar-refractivity contribution < 1.29 is 26.3 Å². The Balaban J connectivity index is 1.73. The van der Waals surface area contributed by atoms with Crippen LogP contribution in [0.15, 0.2) is 30.5 Å². The molecule has 4 aromatic rings. The zero-order valence-electron chi connectivity index (χ0n) is 19.6. The molecule has 0 amide bonds. The Bertz CT molecular complexity index is 1340. The molecule has 8 nitrogen and oxygen atoms in total. The largest absolute Gasteiger partial charge is 0.416 e. The van der Waals surface area contributed by atoms with E-state index in [1.807, 2.05) is 18.4 Å². The van der Waals surface area contributed by atoms with Crippen LogP contribution in [0.4, 0.5) is 32.3 Å². The molecule has 0 spiro atoms. The van der Waals surface area contributed by atoms with Crippen molar-refractivity contribution in [2.75, 3.05) is 4.90 Å². The number of pyridine rings is 1. The molecule has 0 atom stereocenters. The van der Waals surface area contributed by atoms with Crippen molar-refractivity contribution in [1.82, 2.24) is 34.7 Å². The van der Waals surface area contributed by atoms with Crippen LogP contribution in [0.2, 0.25) is 0 Å². The fraction of sp³-hybridized carbons (Fsp3) is 0.409. The minimum atomic E-state index is -4.95. The number of tetrazole rings is 1. The van der Waals surface area contributed by atoms with Crippen LogP contribution in [-0.4, -0.2) is 34.7 Å². The number of nitrogens with zero attached hydrogens (tertiary/aromatic N) is 8. The molecular weight excluding hydrogens is 490 g/mol. The smallest absolute Gasteiger partial charge is 0.329 e. The van der Waals surface area contributed by atoms with Crippen molar-refractivity contribution in [3.63, 3.8) is 0 Å². The van der Waals surface area contributed by atoms with E-state index in [4.69, 9.17) is 0 Å². The van der Waals surface area contributed by atoms with Gasteiger partial charge >= 0.3 is 12.4 Å². The van der Waals surface area contributed by atoms with Gasteiger partial charge in [-0.3, -0.25) is 0 Å². The number of aryl methyl sites for hydroxylation is 3. The van der Waals surface area contributed by atoms with E-state index < -0.39 is 23.5 Å². The maximum Gasteiger partial charge on any atom is 0.416 e. The number of hydrogen-bond donors (Lipinski definition) is 0. The molecule has 0 aliphatic rings. The second kappa shape index (κ2) is 9.39. The summed E-state index contributed by atoms with van der Waals surface area (Å²) < 4.78 is 82.1. The van der Waals surface area contributed by atoms with Gasteiger partial charge < -0.3 is 9.47 Å². The van der Waals surface area contributed by atoms with Crippen molar-refractivity contribution in [1.29, 1.82) is 0 Å². The molecule has 0 saturated heterocycles. The van der Waals surface area contributed by atoms with Crippen molar-refractivity contribution in [3.8, 4) is 0 Å². The SMILES string of the molecule is CCc1nc2cc(CN(Cc3cc(C(F)(F)F)cc(C(F)(F)F)c3)c3nnn(C)n3)cnc2n1CC. The van der Waals surface area contributed by atoms with E-state index in [0.29, 0.717) is 41.8 Å². The van der Waals surface area contributed by atoms with E-state index in [1.54, 1.807) is 12.3 Å². The molecule has 1 aromatic carbocycles. The summed E-state index contributed by atoms with van der Waals surface area (Å²) in [4.78, 5) is 11.7. The summed E-state index contributed by atoms with van der Waals surface area (Å²) in [5, 5.41) is 11.7. The van der Waals surface area contributed by atoms with Gasteiger partial charge in [0.1, 0.15) is 11.3 Å². The Hall–Kier alpha value is -3.71. The van der Waals surface area contributed by atoms with Crippen molar-refractivity contribution in [3.05, 3.63) is 58.5 Å². The van der Waals surface area contributed by atoms with Crippen LogP contribution < -0.4 is 4.90 Å². The van der Waals surface area contributed by atoms with Gasteiger partial charge in [0.15, 0.2) is 5.65 Å². The summed E-state index contributed by atoms with van der Waals surface area (Å²) in [6, 6.07) is 3.26. The fourth-order valence-corrected chi connectivity index (χ4v) is 3.94. The van der Waals surface area contributed by atoms with Gasteiger partial charge in [-0.2, -0.15) is 31.1 Å². The quantitative estimate of drug-likeness (QED) is 0.332. The van der Waals surface area contributed by atoms with Gasteiger partial charge in [0.25, 0.3) is 5.95 Å². The van der Waals surface area contributed by atoms with Gasteiger partial charge in [-0.1, -0.05) is 12.0 Å². The van der Waals surface area contributed by atoms with Crippen molar-refractivity contribution >= 4 is 17.1 Å². The topological polar surface area (TPSA) is 77.6 Å². The molecule has 3 heterocycles. The average Bonchev–Trinajstić information content (AvgIpc) is 3.39. The van der Waals surface area contributed by atoms with E-state index in [0.717, 1.165) is 10.6 Å². The molecule has 0 unspecified atom stereocenters. The third-order valence-corrected chi connectivity index (χ3v) is 5.53. The molecule has 0 radical (unpaired) electrons. The maximum atomic E-state index is 13.4. The normalized spacial score (nSPS) is 12.5. The number of rotatable bonds is 7. The van der Waals surface area contributed by atoms with Crippen LogP contribution in [0.3, 0.4) is 0 Å². The first-order valence-corrected chi connectivity index (χ1v) is 11.0. The summed E-state index contributed by atoms with van der Waals surface area (Å²) in [7, 11) is 1.50. The molecule has 3 aromatic heterocycles. The molecule has 36 heavy (non-hydrogen) atoms. The van der Waals surface area contributed by atoms with Crippen molar-refractivity contribution in [2.24, 2.45) is 7.05 Å². The predicted octanol–water partition coefficient (Wildman–Crippen LogP) is 4.78. The van der Waals surface area contributed by atoms with Gasteiger partial charge in [0.2, 0.25) is 0 Å². The Kier molecular flexibility index (Phi) is 6.62. The first-order chi connectivity index (χ1) is 16.9. The summed E-state index contributed by atoms with van der Waals surface area (Å²) in [6.45, 7) is 4.34. The van der Waals surface area contributed by atoms with E-state index in [9.17, 15) is 26.3 Å². The first kappa shape index (κ1) is 25.4. The van der Waals surface area contributed by atoms with Crippen LogP contribution in [0.1, 0.15) is 41.9 Å². The Morgan fingerprint density at radius 3 is 2.06 bits per heavy atom. The summed E-state index contributed by atoms with van der Waals surface area (Å²) in [5.74, 6) is 0.894. The van der Waals surface area contributed by atoms with Gasteiger partial charge in [0, 0.05) is 32.3 Å². The van der Waals surface area contributed by atoms with Crippen LogP contribution in [-0.2, 0) is 45.5 Å².